The number of anilines is 1. The van der Waals surface area contributed by atoms with Gasteiger partial charge in [0.25, 0.3) is 0 Å². The second kappa shape index (κ2) is 5.14. The minimum atomic E-state index is -0.461. The first kappa shape index (κ1) is 11.9. The summed E-state index contributed by atoms with van der Waals surface area (Å²) in [5.74, 6) is -0.461. The Labute approximate surface area is 99.4 Å². The van der Waals surface area contributed by atoms with Gasteiger partial charge in [-0.05, 0) is 37.0 Å². The third kappa shape index (κ3) is 2.94. The van der Waals surface area contributed by atoms with Crippen LogP contribution in [0, 0.1) is 5.82 Å². The van der Waals surface area contributed by atoms with Crippen molar-refractivity contribution in [2.45, 2.75) is 31.8 Å². The van der Waals surface area contributed by atoms with Crippen molar-refractivity contribution in [2.24, 2.45) is 5.73 Å². The molecule has 0 heterocycles. The Bertz CT molecular complexity index is 418. The summed E-state index contributed by atoms with van der Waals surface area (Å²) >= 11 is 0. The molecule has 92 valence electrons. The van der Waals surface area contributed by atoms with Crippen LogP contribution < -0.4 is 16.4 Å². The number of carbonyl (C=O) groups excluding carboxylic acids is 1. The average Bonchev–Trinajstić information content (AvgIpc) is 2.26. The molecule has 5 heteroatoms. The smallest absolute Gasteiger partial charge is 0.319 e. The molecule has 1 aromatic rings. The number of hydrogen-bond donors (Lipinski definition) is 3. The molecule has 4 nitrogen and oxygen atoms in total. The van der Waals surface area contributed by atoms with Gasteiger partial charge in [0.15, 0.2) is 0 Å². The van der Waals surface area contributed by atoms with Crippen molar-refractivity contribution in [3.8, 4) is 0 Å². The molecule has 1 aliphatic rings. The largest absolute Gasteiger partial charge is 0.335 e. The van der Waals surface area contributed by atoms with E-state index in [9.17, 15) is 9.18 Å². The van der Waals surface area contributed by atoms with Crippen LogP contribution in [0.2, 0.25) is 0 Å². The molecule has 0 bridgehead atoms. The van der Waals surface area contributed by atoms with Crippen molar-refractivity contribution in [3.05, 3.63) is 29.6 Å². The summed E-state index contributed by atoms with van der Waals surface area (Å²) in [5.41, 5.74) is 6.28. The molecule has 0 atom stereocenters. The van der Waals surface area contributed by atoms with Crippen LogP contribution in [0.5, 0.6) is 0 Å². The van der Waals surface area contributed by atoms with Crippen molar-refractivity contribution in [1.29, 1.82) is 0 Å². The van der Waals surface area contributed by atoms with E-state index in [1.54, 1.807) is 6.07 Å². The van der Waals surface area contributed by atoms with Crippen LogP contribution >= 0.6 is 0 Å². The predicted octanol–water partition coefficient (Wildman–Crippen LogP) is 1.96. The molecule has 0 radical (unpaired) electrons. The van der Waals surface area contributed by atoms with Crippen LogP contribution in [-0.4, -0.2) is 12.1 Å². The Morgan fingerprint density at radius 2 is 2.24 bits per heavy atom. The average molecular weight is 237 g/mol. The van der Waals surface area contributed by atoms with Gasteiger partial charge in [-0.15, -0.1) is 0 Å². The van der Waals surface area contributed by atoms with Gasteiger partial charge in [0.2, 0.25) is 0 Å². The number of nitrogens with two attached hydrogens (primary N) is 1. The summed E-state index contributed by atoms with van der Waals surface area (Å²) in [5, 5.41) is 5.27. The third-order valence-electron chi connectivity index (χ3n) is 2.96. The lowest BCUT2D eigenvalue weighted by Gasteiger charge is -2.26. The lowest BCUT2D eigenvalue weighted by Crippen LogP contribution is -2.41. The molecule has 1 aliphatic carbocycles. The van der Waals surface area contributed by atoms with Crippen LogP contribution in [-0.2, 0) is 6.54 Å². The van der Waals surface area contributed by atoms with E-state index >= 15 is 0 Å². The topological polar surface area (TPSA) is 67.1 Å². The fraction of sp³-hybridized carbons (Fsp3) is 0.417. The Balaban J connectivity index is 1.95. The van der Waals surface area contributed by atoms with E-state index in [-0.39, 0.29) is 24.3 Å². The standard InChI is InChI=1S/C12H16FN3O/c13-10-6-8(7-14)4-5-11(10)16-12(17)15-9-2-1-3-9/h4-6,9H,1-3,7,14H2,(H2,15,16,17). The van der Waals surface area contributed by atoms with E-state index in [0.29, 0.717) is 5.56 Å². The number of rotatable bonds is 3. The quantitative estimate of drug-likeness (QED) is 0.752. The summed E-state index contributed by atoms with van der Waals surface area (Å²) in [6, 6.07) is 4.44. The number of urea groups is 1. The molecule has 1 saturated carbocycles. The van der Waals surface area contributed by atoms with Crippen LogP contribution in [0.1, 0.15) is 24.8 Å². The molecule has 4 N–H and O–H groups in total. The monoisotopic (exact) mass is 237 g/mol. The van der Waals surface area contributed by atoms with Gasteiger partial charge in [-0.25, -0.2) is 9.18 Å². The molecule has 0 saturated heterocycles. The molecule has 0 spiro atoms. The first-order chi connectivity index (χ1) is 8.19. The molecule has 0 aromatic heterocycles. The first-order valence-corrected chi connectivity index (χ1v) is 5.75. The number of halogens is 1. The van der Waals surface area contributed by atoms with E-state index < -0.39 is 5.82 Å². The second-order valence-corrected chi connectivity index (χ2v) is 4.24. The highest BCUT2D eigenvalue weighted by Gasteiger charge is 2.19. The van der Waals surface area contributed by atoms with E-state index in [1.807, 2.05) is 0 Å². The summed E-state index contributed by atoms with van der Waals surface area (Å²) < 4.78 is 13.5. The predicted molar refractivity (Wildman–Crippen MR) is 64.1 cm³/mol. The maximum absolute atomic E-state index is 13.5. The van der Waals surface area contributed by atoms with Crippen LogP contribution in [0.4, 0.5) is 14.9 Å². The lowest BCUT2D eigenvalue weighted by atomic mass is 9.93. The number of amides is 2. The molecule has 0 unspecified atom stereocenters. The number of hydrogen-bond acceptors (Lipinski definition) is 2. The summed E-state index contributed by atoms with van der Waals surface area (Å²) in [7, 11) is 0. The van der Waals surface area contributed by atoms with Gasteiger partial charge < -0.3 is 16.4 Å². The highest BCUT2D eigenvalue weighted by atomic mass is 19.1. The van der Waals surface area contributed by atoms with Crippen LogP contribution in [0.25, 0.3) is 0 Å². The molecular weight excluding hydrogens is 221 g/mol. The molecule has 2 amide bonds. The Hall–Kier alpha value is -1.62. The fourth-order valence-corrected chi connectivity index (χ4v) is 1.68. The normalized spacial score (nSPS) is 15.2. The highest BCUT2D eigenvalue weighted by molar-refractivity contribution is 5.89. The maximum atomic E-state index is 13.5. The van der Waals surface area contributed by atoms with Crippen molar-refractivity contribution in [1.82, 2.24) is 5.32 Å². The van der Waals surface area contributed by atoms with E-state index in [4.69, 9.17) is 5.73 Å². The zero-order chi connectivity index (χ0) is 12.3. The van der Waals surface area contributed by atoms with Gasteiger partial charge in [0, 0.05) is 12.6 Å². The van der Waals surface area contributed by atoms with Gasteiger partial charge >= 0.3 is 6.03 Å². The summed E-state index contributed by atoms with van der Waals surface area (Å²) in [6.07, 6.45) is 3.15. The van der Waals surface area contributed by atoms with Crippen molar-refractivity contribution in [2.75, 3.05) is 5.32 Å². The Kier molecular flexibility index (Phi) is 3.58. The first-order valence-electron chi connectivity index (χ1n) is 5.75. The maximum Gasteiger partial charge on any atom is 0.319 e. The highest BCUT2D eigenvalue weighted by Crippen LogP contribution is 2.19. The number of benzene rings is 1. The summed E-state index contributed by atoms with van der Waals surface area (Å²) in [6.45, 7) is 0.283. The van der Waals surface area contributed by atoms with Crippen molar-refractivity contribution in [3.63, 3.8) is 0 Å². The Morgan fingerprint density at radius 1 is 1.47 bits per heavy atom. The molecule has 2 rings (SSSR count). The molecular formula is C12H16FN3O. The van der Waals surface area contributed by atoms with Gasteiger partial charge in [-0.3, -0.25) is 0 Å². The lowest BCUT2D eigenvalue weighted by molar-refractivity contribution is 0.240. The fourth-order valence-electron chi connectivity index (χ4n) is 1.68. The van der Waals surface area contributed by atoms with Crippen LogP contribution in [0.15, 0.2) is 18.2 Å². The molecule has 0 aliphatic heterocycles. The van der Waals surface area contributed by atoms with Gasteiger partial charge in [0.1, 0.15) is 5.82 Å². The SMILES string of the molecule is NCc1ccc(NC(=O)NC2CCC2)c(F)c1. The molecule has 17 heavy (non-hydrogen) atoms. The Morgan fingerprint density at radius 3 is 2.76 bits per heavy atom. The zero-order valence-corrected chi connectivity index (χ0v) is 9.50. The van der Waals surface area contributed by atoms with Gasteiger partial charge in [-0.2, -0.15) is 0 Å². The number of nitrogens with one attached hydrogen (secondary N) is 2. The molecule has 1 fully saturated rings. The van der Waals surface area contributed by atoms with Crippen LogP contribution in [0.3, 0.4) is 0 Å². The van der Waals surface area contributed by atoms with Crippen molar-refractivity contribution >= 4 is 11.7 Å². The second-order valence-electron chi connectivity index (χ2n) is 4.24. The van der Waals surface area contributed by atoms with Gasteiger partial charge in [-0.1, -0.05) is 6.07 Å². The van der Waals surface area contributed by atoms with E-state index in [2.05, 4.69) is 10.6 Å². The minimum absolute atomic E-state index is 0.180. The van der Waals surface area contributed by atoms with Gasteiger partial charge in [0.05, 0.1) is 5.69 Å². The number of carbonyl (C=O) groups is 1. The molecule has 1 aromatic carbocycles. The zero-order valence-electron chi connectivity index (χ0n) is 9.50. The van der Waals surface area contributed by atoms with Crippen molar-refractivity contribution < 1.29 is 9.18 Å². The summed E-state index contributed by atoms with van der Waals surface area (Å²) in [4.78, 5) is 11.5. The van der Waals surface area contributed by atoms with E-state index in [0.717, 1.165) is 19.3 Å². The third-order valence-corrected chi connectivity index (χ3v) is 2.96. The van der Waals surface area contributed by atoms with E-state index in [1.165, 1.54) is 12.1 Å². The minimum Gasteiger partial charge on any atom is -0.335 e.